The molecule has 2 aliphatic rings. The lowest BCUT2D eigenvalue weighted by atomic mass is 9.73. The Bertz CT molecular complexity index is 345. The van der Waals surface area contributed by atoms with Gasteiger partial charge in [0, 0.05) is 19.4 Å². The lowest BCUT2D eigenvalue weighted by Crippen LogP contribution is -2.45. The van der Waals surface area contributed by atoms with Crippen molar-refractivity contribution in [3.8, 4) is 0 Å². The molecule has 116 valence electrons. The first-order valence-electron chi connectivity index (χ1n) is 7.47. The average Bonchev–Trinajstić information content (AvgIpc) is 2.79. The third-order valence-corrected chi connectivity index (χ3v) is 4.09. The number of hydrogen-bond donors (Lipinski definition) is 1. The summed E-state index contributed by atoms with van der Waals surface area (Å²) >= 11 is 0. The molecule has 0 bridgehead atoms. The Morgan fingerprint density at radius 2 is 1.70 bits per heavy atom. The SMILES string of the molecule is CC1(CNC(=O)OC(C)(C)C)CCC2(CC1)OCCO2. The van der Waals surface area contributed by atoms with E-state index in [2.05, 4.69) is 12.2 Å². The van der Waals surface area contributed by atoms with Gasteiger partial charge in [-0.3, -0.25) is 0 Å². The number of ether oxygens (including phenoxy) is 3. The number of alkyl carbamates (subject to hydrolysis) is 1. The molecule has 20 heavy (non-hydrogen) atoms. The van der Waals surface area contributed by atoms with Crippen LogP contribution >= 0.6 is 0 Å². The van der Waals surface area contributed by atoms with Crippen LogP contribution in [0.1, 0.15) is 53.4 Å². The van der Waals surface area contributed by atoms with Gasteiger partial charge in [0.2, 0.25) is 0 Å². The molecule has 0 atom stereocenters. The number of hydrogen-bond acceptors (Lipinski definition) is 4. The topological polar surface area (TPSA) is 56.8 Å². The van der Waals surface area contributed by atoms with Crippen LogP contribution in [0.15, 0.2) is 0 Å². The van der Waals surface area contributed by atoms with E-state index >= 15 is 0 Å². The Balaban J connectivity index is 1.77. The normalized spacial score (nSPS) is 24.6. The van der Waals surface area contributed by atoms with E-state index in [9.17, 15) is 4.79 Å². The Morgan fingerprint density at radius 3 is 2.20 bits per heavy atom. The number of carbonyl (C=O) groups is 1. The van der Waals surface area contributed by atoms with Gasteiger partial charge >= 0.3 is 6.09 Å². The number of carbonyl (C=O) groups excluding carboxylic acids is 1. The number of amides is 1. The zero-order valence-electron chi connectivity index (χ0n) is 13.1. The Labute approximate surface area is 121 Å². The van der Waals surface area contributed by atoms with Crippen LogP contribution in [0.4, 0.5) is 4.79 Å². The molecule has 1 heterocycles. The smallest absolute Gasteiger partial charge is 0.407 e. The van der Waals surface area contributed by atoms with Gasteiger partial charge in [-0.25, -0.2) is 4.79 Å². The van der Waals surface area contributed by atoms with Crippen molar-refractivity contribution < 1.29 is 19.0 Å². The molecule has 1 aliphatic carbocycles. The van der Waals surface area contributed by atoms with Crippen LogP contribution in [0.2, 0.25) is 0 Å². The summed E-state index contributed by atoms with van der Waals surface area (Å²) in [5.74, 6) is -0.342. The van der Waals surface area contributed by atoms with Gasteiger partial charge < -0.3 is 19.5 Å². The van der Waals surface area contributed by atoms with Crippen LogP contribution in [0.5, 0.6) is 0 Å². The molecule has 5 heteroatoms. The monoisotopic (exact) mass is 285 g/mol. The van der Waals surface area contributed by atoms with E-state index in [1.807, 2.05) is 20.8 Å². The molecule has 1 saturated carbocycles. The van der Waals surface area contributed by atoms with Crippen molar-refractivity contribution in [3.63, 3.8) is 0 Å². The van der Waals surface area contributed by atoms with Crippen molar-refractivity contribution >= 4 is 6.09 Å². The van der Waals surface area contributed by atoms with Crippen molar-refractivity contribution in [2.75, 3.05) is 19.8 Å². The fourth-order valence-electron chi connectivity index (χ4n) is 2.80. The summed E-state index contributed by atoms with van der Waals surface area (Å²) in [4.78, 5) is 11.7. The molecule has 1 amide bonds. The molecule has 0 aromatic rings. The molecule has 0 unspecified atom stereocenters. The summed E-state index contributed by atoms with van der Waals surface area (Å²) in [5.41, 5.74) is -0.357. The summed E-state index contributed by atoms with van der Waals surface area (Å²) < 4.78 is 16.7. The van der Waals surface area contributed by atoms with E-state index in [0.717, 1.165) is 25.7 Å². The largest absolute Gasteiger partial charge is 0.444 e. The highest BCUT2D eigenvalue weighted by Gasteiger charge is 2.44. The molecule has 2 rings (SSSR count). The second-order valence-corrected chi connectivity index (χ2v) is 7.27. The standard InChI is InChI=1S/C15H27NO4/c1-13(2,3)20-12(17)16-11-14(4)5-7-15(8-6-14)18-9-10-19-15/h5-11H2,1-4H3,(H,16,17). The van der Waals surface area contributed by atoms with Crippen molar-refractivity contribution in [2.24, 2.45) is 5.41 Å². The summed E-state index contributed by atoms with van der Waals surface area (Å²) in [6, 6.07) is 0. The van der Waals surface area contributed by atoms with Crippen molar-refractivity contribution in [1.82, 2.24) is 5.32 Å². The average molecular weight is 285 g/mol. The first-order chi connectivity index (χ1) is 9.22. The molecule has 1 saturated heterocycles. The highest BCUT2D eigenvalue weighted by atomic mass is 16.7. The van der Waals surface area contributed by atoms with Gasteiger partial charge in [0.25, 0.3) is 0 Å². The number of rotatable bonds is 2. The second-order valence-electron chi connectivity index (χ2n) is 7.27. The van der Waals surface area contributed by atoms with Crippen LogP contribution in [-0.2, 0) is 14.2 Å². The van der Waals surface area contributed by atoms with Gasteiger partial charge in [-0.2, -0.15) is 0 Å². The fourth-order valence-corrected chi connectivity index (χ4v) is 2.80. The lowest BCUT2D eigenvalue weighted by molar-refractivity contribution is -0.189. The quantitative estimate of drug-likeness (QED) is 0.847. The molecular weight excluding hydrogens is 258 g/mol. The lowest BCUT2D eigenvalue weighted by Gasteiger charge is -2.41. The summed E-state index contributed by atoms with van der Waals surface area (Å²) in [7, 11) is 0. The van der Waals surface area contributed by atoms with Crippen molar-refractivity contribution in [3.05, 3.63) is 0 Å². The summed E-state index contributed by atoms with van der Waals surface area (Å²) in [5, 5.41) is 2.89. The van der Waals surface area contributed by atoms with Crippen LogP contribution < -0.4 is 5.32 Å². The van der Waals surface area contributed by atoms with E-state index in [1.54, 1.807) is 0 Å². The number of nitrogens with one attached hydrogen (secondary N) is 1. The van der Waals surface area contributed by atoms with Crippen LogP contribution in [0, 0.1) is 5.41 Å². The van der Waals surface area contributed by atoms with Crippen LogP contribution in [-0.4, -0.2) is 37.2 Å². The summed E-state index contributed by atoms with van der Waals surface area (Å²) in [6.07, 6.45) is 3.44. The second kappa shape index (κ2) is 5.53. The Kier molecular flexibility index (Phi) is 4.30. The highest BCUT2D eigenvalue weighted by Crippen LogP contribution is 2.44. The maximum absolute atomic E-state index is 11.7. The molecule has 1 N–H and O–H groups in total. The van der Waals surface area contributed by atoms with Gasteiger partial charge in [-0.1, -0.05) is 6.92 Å². The molecule has 0 aromatic carbocycles. The Morgan fingerprint density at radius 1 is 1.15 bits per heavy atom. The van der Waals surface area contributed by atoms with E-state index < -0.39 is 5.60 Å². The first-order valence-corrected chi connectivity index (χ1v) is 7.47. The zero-order chi connectivity index (χ0) is 14.9. The molecular formula is C15H27NO4. The zero-order valence-corrected chi connectivity index (χ0v) is 13.1. The van der Waals surface area contributed by atoms with Crippen molar-refractivity contribution in [2.45, 2.75) is 64.8 Å². The third kappa shape index (κ3) is 4.09. The van der Waals surface area contributed by atoms with Crippen LogP contribution in [0.25, 0.3) is 0 Å². The highest BCUT2D eigenvalue weighted by molar-refractivity contribution is 5.67. The van der Waals surface area contributed by atoms with E-state index in [-0.39, 0.29) is 17.3 Å². The van der Waals surface area contributed by atoms with Gasteiger partial charge in [-0.15, -0.1) is 0 Å². The maximum atomic E-state index is 11.7. The molecule has 0 aromatic heterocycles. The van der Waals surface area contributed by atoms with Gasteiger partial charge in [0.15, 0.2) is 5.79 Å². The Hall–Kier alpha value is -0.810. The van der Waals surface area contributed by atoms with Gasteiger partial charge in [0.05, 0.1) is 13.2 Å². The fraction of sp³-hybridized carbons (Fsp3) is 0.933. The van der Waals surface area contributed by atoms with Crippen molar-refractivity contribution in [1.29, 1.82) is 0 Å². The van der Waals surface area contributed by atoms with E-state index in [0.29, 0.717) is 19.8 Å². The van der Waals surface area contributed by atoms with Gasteiger partial charge in [-0.05, 0) is 39.0 Å². The predicted molar refractivity (Wildman–Crippen MR) is 75.4 cm³/mol. The maximum Gasteiger partial charge on any atom is 0.407 e. The third-order valence-electron chi connectivity index (χ3n) is 4.09. The van der Waals surface area contributed by atoms with Gasteiger partial charge in [0.1, 0.15) is 5.60 Å². The predicted octanol–water partition coefficient (Wildman–Crippen LogP) is 2.83. The molecule has 0 radical (unpaired) electrons. The minimum atomic E-state index is -0.451. The molecule has 1 aliphatic heterocycles. The minimum Gasteiger partial charge on any atom is -0.444 e. The van der Waals surface area contributed by atoms with E-state index in [1.165, 1.54) is 0 Å². The minimum absolute atomic E-state index is 0.0947. The van der Waals surface area contributed by atoms with Crippen LogP contribution in [0.3, 0.4) is 0 Å². The molecule has 1 spiro atoms. The molecule has 2 fully saturated rings. The summed E-state index contributed by atoms with van der Waals surface area (Å²) in [6.45, 7) is 9.85. The first kappa shape index (κ1) is 15.6. The van der Waals surface area contributed by atoms with E-state index in [4.69, 9.17) is 14.2 Å². The molecule has 5 nitrogen and oxygen atoms in total.